The zero-order valence-corrected chi connectivity index (χ0v) is 13.3. The van der Waals surface area contributed by atoms with Crippen molar-refractivity contribution in [2.75, 3.05) is 18.4 Å². The number of rotatable bonds is 4. The second kappa shape index (κ2) is 7.44. The third-order valence-corrected chi connectivity index (χ3v) is 4.11. The summed E-state index contributed by atoms with van der Waals surface area (Å²) in [6.07, 6.45) is 2.36. The number of nitrogens with one attached hydrogen (secondary N) is 3. The van der Waals surface area contributed by atoms with E-state index < -0.39 is 0 Å². The average Bonchev–Trinajstić information content (AvgIpc) is 3.21. The van der Waals surface area contributed by atoms with Crippen molar-refractivity contribution < 1.29 is 14.0 Å². The van der Waals surface area contributed by atoms with Gasteiger partial charge in [0.05, 0.1) is 11.8 Å². The van der Waals surface area contributed by atoms with Gasteiger partial charge in [0, 0.05) is 12.6 Å². The fourth-order valence-corrected chi connectivity index (χ4v) is 2.98. The number of hydrogen-bond donors (Lipinski definition) is 3. The number of hydrogen-bond acceptors (Lipinski definition) is 5. The third kappa shape index (κ3) is 3.68. The summed E-state index contributed by atoms with van der Waals surface area (Å²) in [5.74, 6) is -0.312. The Balaban J connectivity index is 0.00000176. The largest absolute Gasteiger partial charge is 0.459 e. The van der Waals surface area contributed by atoms with Crippen LogP contribution >= 0.6 is 23.7 Å². The van der Waals surface area contributed by atoms with Crippen LogP contribution in [0.25, 0.3) is 0 Å². The van der Waals surface area contributed by atoms with Crippen molar-refractivity contribution in [3.63, 3.8) is 0 Å². The Bertz CT molecular complexity index is 636. The lowest BCUT2D eigenvalue weighted by atomic mass is 10.2. The van der Waals surface area contributed by atoms with Gasteiger partial charge in [-0.25, -0.2) is 0 Å². The molecule has 0 aromatic carbocycles. The van der Waals surface area contributed by atoms with E-state index >= 15 is 0 Å². The van der Waals surface area contributed by atoms with Gasteiger partial charge < -0.3 is 20.4 Å². The van der Waals surface area contributed by atoms with Crippen molar-refractivity contribution in [3.05, 3.63) is 41.2 Å². The van der Waals surface area contributed by atoms with E-state index in [0.29, 0.717) is 10.6 Å². The quantitative estimate of drug-likeness (QED) is 0.795. The van der Waals surface area contributed by atoms with Crippen molar-refractivity contribution in [2.45, 2.75) is 12.5 Å². The molecule has 3 rings (SSSR count). The van der Waals surface area contributed by atoms with Crippen LogP contribution in [0.15, 0.2) is 34.3 Å². The molecule has 3 N–H and O–H groups in total. The zero-order chi connectivity index (χ0) is 14.7. The third-order valence-electron chi connectivity index (χ3n) is 3.28. The van der Waals surface area contributed by atoms with E-state index in [2.05, 4.69) is 16.0 Å². The molecule has 2 aromatic rings. The average molecular weight is 342 g/mol. The maximum atomic E-state index is 12.2. The Hall–Kier alpha value is -1.83. The van der Waals surface area contributed by atoms with E-state index in [-0.39, 0.29) is 36.0 Å². The van der Waals surface area contributed by atoms with Crippen LogP contribution in [-0.2, 0) is 0 Å². The highest BCUT2D eigenvalue weighted by Crippen LogP contribution is 2.24. The van der Waals surface area contributed by atoms with Crippen LogP contribution < -0.4 is 16.0 Å². The van der Waals surface area contributed by atoms with Gasteiger partial charge in [-0.3, -0.25) is 9.59 Å². The lowest BCUT2D eigenvalue weighted by Crippen LogP contribution is -2.36. The molecule has 0 radical (unpaired) electrons. The molecule has 1 unspecified atom stereocenters. The van der Waals surface area contributed by atoms with Gasteiger partial charge in [0.2, 0.25) is 0 Å². The molecule has 2 aromatic heterocycles. The Morgan fingerprint density at radius 1 is 1.32 bits per heavy atom. The van der Waals surface area contributed by atoms with Crippen molar-refractivity contribution in [2.24, 2.45) is 0 Å². The summed E-state index contributed by atoms with van der Waals surface area (Å²) in [6, 6.07) is 5.07. The first-order valence-electron chi connectivity index (χ1n) is 6.68. The SMILES string of the molecule is Cl.O=C(Nc1sccc1C(=O)NC1CCNC1)c1ccco1. The van der Waals surface area contributed by atoms with Crippen LogP contribution in [-0.4, -0.2) is 30.9 Å². The molecule has 1 saturated heterocycles. The first-order chi connectivity index (χ1) is 10.2. The number of thiophene rings is 1. The van der Waals surface area contributed by atoms with Crippen molar-refractivity contribution in [1.82, 2.24) is 10.6 Å². The Labute approximate surface area is 137 Å². The molecular weight excluding hydrogens is 326 g/mol. The number of carbonyl (C=O) groups excluding carboxylic acids is 2. The molecule has 22 heavy (non-hydrogen) atoms. The first-order valence-corrected chi connectivity index (χ1v) is 7.56. The standard InChI is InChI=1S/C14H15N3O3S.ClH/c18-12(16-9-3-5-15-8-9)10-4-7-21-14(10)17-13(19)11-2-1-6-20-11;/h1-2,4,6-7,9,15H,3,5,8H2,(H,16,18)(H,17,19);1H. The number of carbonyl (C=O) groups is 2. The molecule has 1 aliphatic rings. The fourth-order valence-electron chi connectivity index (χ4n) is 2.20. The van der Waals surface area contributed by atoms with E-state index in [4.69, 9.17) is 4.42 Å². The van der Waals surface area contributed by atoms with E-state index in [1.807, 2.05) is 0 Å². The van der Waals surface area contributed by atoms with E-state index in [9.17, 15) is 9.59 Å². The van der Waals surface area contributed by atoms with Gasteiger partial charge in [0.25, 0.3) is 11.8 Å². The minimum absolute atomic E-state index is 0. The lowest BCUT2D eigenvalue weighted by molar-refractivity contribution is 0.0941. The molecule has 1 fully saturated rings. The van der Waals surface area contributed by atoms with E-state index in [1.165, 1.54) is 17.6 Å². The van der Waals surface area contributed by atoms with Crippen LogP contribution in [0.5, 0.6) is 0 Å². The van der Waals surface area contributed by atoms with Gasteiger partial charge in [-0.1, -0.05) is 0 Å². The minimum Gasteiger partial charge on any atom is -0.459 e. The molecule has 0 aliphatic carbocycles. The maximum absolute atomic E-state index is 12.2. The normalized spacial score (nSPS) is 16.8. The van der Waals surface area contributed by atoms with Crippen molar-refractivity contribution in [3.8, 4) is 0 Å². The van der Waals surface area contributed by atoms with Crippen LogP contribution in [0.3, 0.4) is 0 Å². The molecular formula is C14H16ClN3O3S. The van der Waals surface area contributed by atoms with Crippen molar-refractivity contribution in [1.29, 1.82) is 0 Å². The second-order valence-electron chi connectivity index (χ2n) is 4.76. The summed E-state index contributed by atoms with van der Waals surface area (Å²) >= 11 is 1.31. The summed E-state index contributed by atoms with van der Waals surface area (Å²) in [5.41, 5.74) is 0.479. The molecule has 118 valence electrons. The second-order valence-corrected chi connectivity index (χ2v) is 5.67. The van der Waals surface area contributed by atoms with Crippen LogP contribution in [0.4, 0.5) is 5.00 Å². The Morgan fingerprint density at radius 2 is 2.18 bits per heavy atom. The smallest absolute Gasteiger partial charge is 0.291 e. The Kier molecular flexibility index (Phi) is 5.59. The summed E-state index contributed by atoms with van der Waals surface area (Å²) in [4.78, 5) is 24.2. The number of anilines is 1. The highest BCUT2D eigenvalue weighted by Gasteiger charge is 2.21. The van der Waals surface area contributed by atoms with Gasteiger partial charge in [-0.15, -0.1) is 23.7 Å². The first kappa shape index (κ1) is 16.5. The van der Waals surface area contributed by atoms with E-state index in [1.54, 1.807) is 23.6 Å². The summed E-state index contributed by atoms with van der Waals surface area (Å²) in [7, 11) is 0. The molecule has 1 atom stereocenters. The predicted molar refractivity (Wildman–Crippen MR) is 87.0 cm³/mol. The fraction of sp³-hybridized carbons (Fsp3) is 0.286. The number of furan rings is 1. The highest BCUT2D eigenvalue weighted by molar-refractivity contribution is 7.14. The number of amides is 2. The minimum atomic E-state index is -0.362. The lowest BCUT2D eigenvalue weighted by Gasteiger charge is -2.11. The summed E-state index contributed by atoms with van der Waals surface area (Å²) in [6.45, 7) is 1.70. The zero-order valence-electron chi connectivity index (χ0n) is 11.6. The van der Waals surface area contributed by atoms with Gasteiger partial charge in [-0.05, 0) is 36.5 Å². The molecule has 0 saturated carbocycles. The molecule has 0 bridgehead atoms. The monoisotopic (exact) mass is 341 g/mol. The van der Waals surface area contributed by atoms with Gasteiger partial charge >= 0.3 is 0 Å². The molecule has 1 aliphatic heterocycles. The topological polar surface area (TPSA) is 83.4 Å². The highest BCUT2D eigenvalue weighted by atomic mass is 35.5. The van der Waals surface area contributed by atoms with Crippen LogP contribution in [0.2, 0.25) is 0 Å². The Morgan fingerprint density at radius 3 is 2.86 bits per heavy atom. The van der Waals surface area contributed by atoms with Crippen LogP contribution in [0, 0.1) is 0 Å². The number of halogens is 1. The summed E-state index contributed by atoms with van der Waals surface area (Å²) in [5, 5.41) is 11.2. The predicted octanol–water partition coefficient (Wildman–Crippen LogP) is 2.11. The molecule has 6 nitrogen and oxygen atoms in total. The van der Waals surface area contributed by atoms with Gasteiger partial charge in [0.15, 0.2) is 5.76 Å². The molecule has 2 amide bonds. The molecule has 8 heteroatoms. The van der Waals surface area contributed by atoms with E-state index in [0.717, 1.165) is 19.5 Å². The van der Waals surface area contributed by atoms with Gasteiger partial charge in [-0.2, -0.15) is 0 Å². The van der Waals surface area contributed by atoms with Gasteiger partial charge in [0.1, 0.15) is 5.00 Å². The molecule has 3 heterocycles. The van der Waals surface area contributed by atoms with Crippen molar-refractivity contribution >= 4 is 40.6 Å². The van der Waals surface area contributed by atoms with Crippen LogP contribution in [0.1, 0.15) is 27.3 Å². The molecule has 0 spiro atoms. The maximum Gasteiger partial charge on any atom is 0.291 e. The summed E-state index contributed by atoms with van der Waals surface area (Å²) < 4.78 is 5.04.